The number of halogens is 2. The van der Waals surface area contributed by atoms with Gasteiger partial charge in [0.05, 0.1) is 6.04 Å². The molecule has 1 unspecified atom stereocenters. The molecule has 2 aromatic carbocycles. The molecule has 4 heteroatoms. The fraction of sp³-hybridized carbons (Fsp3) is 0.250. The van der Waals surface area contributed by atoms with Gasteiger partial charge in [-0.15, -0.1) is 0 Å². The van der Waals surface area contributed by atoms with Gasteiger partial charge in [-0.3, -0.25) is 5.84 Å². The molecule has 0 amide bonds. The molecule has 0 saturated heterocycles. The van der Waals surface area contributed by atoms with Crippen LogP contribution in [0.15, 0.2) is 42.5 Å². The van der Waals surface area contributed by atoms with Crippen LogP contribution < -0.4 is 11.3 Å². The lowest BCUT2D eigenvalue weighted by atomic mass is 9.97. The molecule has 3 N–H and O–H groups in total. The normalized spacial score (nSPS) is 12.4. The van der Waals surface area contributed by atoms with Gasteiger partial charge in [0.1, 0.15) is 5.82 Å². The van der Waals surface area contributed by atoms with Crippen LogP contribution in [0.4, 0.5) is 4.39 Å². The summed E-state index contributed by atoms with van der Waals surface area (Å²) >= 11 is 5.94. The molecule has 1 atom stereocenters. The van der Waals surface area contributed by atoms with Crippen LogP contribution in [-0.4, -0.2) is 0 Å². The number of nitrogens with two attached hydrogens (primary N) is 1. The molecule has 0 aliphatic rings. The molecule has 0 aromatic heterocycles. The quantitative estimate of drug-likeness (QED) is 0.646. The van der Waals surface area contributed by atoms with Crippen LogP contribution in [0.1, 0.15) is 36.1 Å². The number of hydrogen-bond donors (Lipinski definition) is 2. The predicted octanol–water partition coefficient (Wildman–Crippen LogP) is 3.98. The molecule has 0 aliphatic carbocycles. The van der Waals surface area contributed by atoms with E-state index in [1.807, 2.05) is 24.3 Å². The Hall–Kier alpha value is -1.42. The highest BCUT2D eigenvalue weighted by atomic mass is 35.5. The van der Waals surface area contributed by atoms with E-state index in [0.717, 1.165) is 18.4 Å². The monoisotopic (exact) mass is 292 g/mol. The van der Waals surface area contributed by atoms with E-state index in [0.29, 0.717) is 10.6 Å². The van der Waals surface area contributed by atoms with E-state index in [1.54, 1.807) is 6.07 Å². The maximum atomic E-state index is 13.9. The average Bonchev–Trinajstić information content (AvgIpc) is 2.45. The van der Waals surface area contributed by atoms with Crippen LogP contribution in [0.5, 0.6) is 0 Å². The number of hydrazine groups is 1. The van der Waals surface area contributed by atoms with E-state index >= 15 is 0 Å². The molecule has 2 rings (SSSR count). The molecule has 0 aliphatic heterocycles. The zero-order valence-corrected chi connectivity index (χ0v) is 12.1. The van der Waals surface area contributed by atoms with Gasteiger partial charge in [0, 0.05) is 10.6 Å². The summed E-state index contributed by atoms with van der Waals surface area (Å²) in [6, 6.07) is 12.1. The third kappa shape index (κ3) is 3.37. The lowest BCUT2D eigenvalue weighted by molar-refractivity contribution is 0.560. The second-order valence-electron chi connectivity index (χ2n) is 4.76. The highest BCUT2D eigenvalue weighted by Gasteiger charge is 2.17. The standard InChI is InChI=1S/C16H18ClFN2/c1-2-3-11-4-6-12(7-5-11)16(20-19)14-10-13(17)8-9-15(14)18/h4-10,16,20H,2-3,19H2,1H3. The molecule has 2 nitrogen and oxygen atoms in total. The van der Waals surface area contributed by atoms with Crippen molar-refractivity contribution < 1.29 is 4.39 Å². The first-order valence-electron chi connectivity index (χ1n) is 6.65. The molecule has 0 bridgehead atoms. The van der Waals surface area contributed by atoms with Crippen LogP contribution in [-0.2, 0) is 6.42 Å². The number of rotatable bonds is 5. The Morgan fingerprint density at radius 1 is 1.20 bits per heavy atom. The van der Waals surface area contributed by atoms with Gasteiger partial charge in [-0.25, -0.2) is 9.82 Å². The Kier molecular flexibility index (Phi) is 5.12. The van der Waals surface area contributed by atoms with Crippen molar-refractivity contribution in [2.24, 2.45) is 5.84 Å². The van der Waals surface area contributed by atoms with Crippen LogP contribution >= 0.6 is 11.6 Å². The number of hydrogen-bond acceptors (Lipinski definition) is 2. The minimum absolute atomic E-state index is 0.324. The fourth-order valence-electron chi connectivity index (χ4n) is 2.27. The second-order valence-corrected chi connectivity index (χ2v) is 5.19. The Morgan fingerprint density at radius 2 is 1.90 bits per heavy atom. The lowest BCUT2D eigenvalue weighted by Crippen LogP contribution is -2.29. The fourth-order valence-corrected chi connectivity index (χ4v) is 2.45. The first-order valence-corrected chi connectivity index (χ1v) is 7.03. The smallest absolute Gasteiger partial charge is 0.128 e. The number of nitrogens with one attached hydrogen (secondary N) is 1. The molecule has 0 saturated carbocycles. The van der Waals surface area contributed by atoms with Gasteiger partial charge in [0.15, 0.2) is 0 Å². The summed E-state index contributed by atoms with van der Waals surface area (Å²) in [4.78, 5) is 0. The molecule has 0 radical (unpaired) electrons. The maximum absolute atomic E-state index is 13.9. The molecule has 0 spiro atoms. The topological polar surface area (TPSA) is 38.0 Å². The Morgan fingerprint density at radius 3 is 2.50 bits per heavy atom. The van der Waals surface area contributed by atoms with Crippen LogP contribution in [0, 0.1) is 5.82 Å². The zero-order valence-electron chi connectivity index (χ0n) is 11.4. The molecule has 0 fully saturated rings. The van der Waals surface area contributed by atoms with E-state index in [4.69, 9.17) is 17.4 Å². The van der Waals surface area contributed by atoms with Crippen molar-refractivity contribution in [3.8, 4) is 0 Å². The summed E-state index contributed by atoms with van der Waals surface area (Å²) in [5, 5.41) is 0.490. The lowest BCUT2D eigenvalue weighted by Gasteiger charge is -2.18. The first-order chi connectivity index (χ1) is 9.65. The average molecular weight is 293 g/mol. The third-order valence-electron chi connectivity index (χ3n) is 3.29. The molecule has 0 heterocycles. The van der Waals surface area contributed by atoms with Crippen LogP contribution in [0.25, 0.3) is 0 Å². The number of aryl methyl sites for hydroxylation is 1. The van der Waals surface area contributed by atoms with Crippen molar-refractivity contribution in [1.29, 1.82) is 0 Å². The summed E-state index contributed by atoms with van der Waals surface area (Å²) in [5.74, 6) is 5.27. The Balaban J connectivity index is 2.34. The Bertz CT molecular complexity index is 569. The van der Waals surface area contributed by atoms with Gasteiger partial charge in [-0.2, -0.15) is 0 Å². The van der Waals surface area contributed by atoms with E-state index < -0.39 is 6.04 Å². The van der Waals surface area contributed by atoms with Gasteiger partial charge in [0.2, 0.25) is 0 Å². The van der Waals surface area contributed by atoms with E-state index in [2.05, 4.69) is 12.3 Å². The van der Waals surface area contributed by atoms with Crippen molar-refractivity contribution in [2.45, 2.75) is 25.8 Å². The molecule has 2 aromatic rings. The van der Waals surface area contributed by atoms with Crippen molar-refractivity contribution >= 4 is 11.6 Å². The van der Waals surface area contributed by atoms with Crippen molar-refractivity contribution in [3.63, 3.8) is 0 Å². The van der Waals surface area contributed by atoms with Crippen molar-refractivity contribution in [3.05, 3.63) is 70.0 Å². The highest BCUT2D eigenvalue weighted by molar-refractivity contribution is 6.30. The van der Waals surface area contributed by atoms with Gasteiger partial charge in [0.25, 0.3) is 0 Å². The van der Waals surface area contributed by atoms with Crippen molar-refractivity contribution in [2.75, 3.05) is 0 Å². The van der Waals surface area contributed by atoms with Gasteiger partial charge >= 0.3 is 0 Å². The first kappa shape index (κ1) is 15.0. The molecular weight excluding hydrogens is 275 g/mol. The molecule has 20 heavy (non-hydrogen) atoms. The SMILES string of the molecule is CCCc1ccc(C(NN)c2cc(Cl)ccc2F)cc1. The summed E-state index contributed by atoms with van der Waals surface area (Å²) in [6.45, 7) is 2.14. The van der Waals surface area contributed by atoms with Gasteiger partial charge in [-0.1, -0.05) is 49.2 Å². The predicted molar refractivity (Wildman–Crippen MR) is 81.0 cm³/mol. The summed E-state index contributed by atoms with van der Waals surface area (Å²) in [5.41, 5.74) is 5.28. The van der Waals surface area contributed by atoms with Crippen molar-refractivity contribution in [1.82, 2.24) is 5.43 Å². The van der Waals surface area contributed by atoms with Crippen LogP contribution in [0.2, 0.25) is 5.02 Å². The summed E-state index contributed by atoms with van der Waals surface area (Å²) < 4.78 is 13.9. The largest absolute Gasteiger partial charge is 0.271 e. The molecule has 106 valence electrons. The molecular formula is C16H18ClFN2. The maximum Gasteiger partial charge on any atom is 0.128 e. The van der Waals surface area contributed by atoms with E-state index in [1.165, 1.54) is 17.7 Å². The minimum Gasteiger partial charge on any atom is -0.271 e. The minimum atomic E-state index is -0.413. The summed E-state index contributed by atoms with van der Waals surface area (Å²) in [6.07, 6.45) is 2.13. The summed E-state index contributed by atoms with van der Waals surface area (Å²) in [7, 11) is 0. The van der Waals surface area contributed by atoms with Gasteiger partial charge < -0.3 is 0 Å². The Labute approximate surface area is 123 Å². The van der Waals surface area contributed by atoms with E-state index in [-0.39, 0.29) is 5.82 Å². The van der Waals surface area contributed by atoms with E-state index in [9.17, 15) is 4.39 Å². The van der Waals surface area contributed by atoms with Crippen LogP contribution in [0.3, 0.4) is 0 Å². The third-order valence-corrected chi connectivity index (χ3v) is 3.52. The van der Waals surface area contributed by atoms with Gasteiger partial charge in [-0.05, 0) is 35.7 Å². The number of benzene rings is 2. The highest BCUT2D eigenvalue weighted by Crippen LogP contribution is 2.26. The zero-order chi connectivity index (χ0) is 14.5. The second kappa shape index (κ2) is 6.84.